The van der Waals surface area contributed by atoms with Gasteiger partial charge in [-0.1, -0.05) is 42.5 Å². The molecular formula is C18H20FNO3. The Labute approximate surface area is 134 Å². The minimum absolute atomic E-state index is 0.120. The maximum Gasteiger partial charge on any atom is 0.336 e. The fourth-order valence-corrected chi connectivity index (χ4v) is 2.40. The number of ether oxygens (including phenoxy) is 1. The lowest BCUT2D eigenvalue weighted by Gasteiger charge is -2.27. The van der Waals surface area contributed by atoms with Crippen molar-refractivity contribution in [2.75, 3.05) is 7.11 Å². The van der Waals surface area contributed by atoms with Gasteiger partial charge in [0.2, 0.25) is 0 Å². The Morgan fingerprint density at radius 1 is 1.09 bits per heavy atom. The Morgan fingerprint density at radius 3 is 2.26 bits per heavy atom. The van der Waals surface area contributed by atoms with Crippen LogP contribution >= 0.6 is 0 Å². The van der Waals surface area contributed by atoms with Gasteiger partial charge in [0.1, 0.15) is 5.82 Å². The molecule has 0 aromatic heterocycles. The topological polar surface area (TPSA) is 58.6 Å². The van der Waals surface area contributed by atoms with Crippen LogP contribution in [0.4, 0.5) is 4.39 Å². The number of halogens is 1. The van der Waals surface area contributed by atoms with E-state index in [1.54, 1.807) is 0 Å². The zero-order valence-electron chi connectivity index (χ0n) is 13.1. The van der Waals surface area contributed by atoms with E-state index in [9.17, 15) is 14.3 Å². The van der Waals surface area contributed by atoms with Gasteiger partial charge in [0.05, 0.1) is 13.2 Å². The molecule has 0 amide bonds. The Hall–Kier alpha value is -2.24. The van der Waals surface area contributed by atoms with Crippen LogP contribution in [0, 0.1) is 5.82 Å². The van der Waals surface area contributed by atoms with Gasteiger partial charge in [0.15, 0.2) is 6.10 Å². The summed E-state index contributed by atoms with van der Waals surface area (Å²) in [5.74, 6) is -1.12. The molecule has 2 N–H and O–H groups in total. The largest absolute Gasteiger partial charge is 0.467 e. The van der Waals surface area contributed by atoms with Gasteiger partial charge in [-0.25, -0.2) is 9.18 Å². The van der Waals surface area contributed by atoms with E-state index in [0.29, 0.717) is 5.56 Å². The van der Waals surface area contributed by atoms with Crippen LogP contribution in [0.25, 0.3) is 0 Å². The van der Waals surface area contributed by atoms with Crippen molar-refractivity contribution in [2.45, 2.75) is 25.1 Å². The lowest BCUT2D eigenvalue weighted by Crippen LogP contribution is -2.39. The van der Waals surface area contributed by atoms with Gasteiger partial charge in [-0.15, -0.1) is 0 Å². The molecule has 2 aromatic carbocycles. The predicted octanol–water partition coefficient (Wildman–Crippen LogP) is 2.75. The molecule has 0 aliphatic heterocycles. The number of nitrogens with one attached hydrogen (secondary N) is 1. The molecule has 5 heteroatoms. The fourth-order valence-electron chi connectivity index (χ4n) is 2.40. The summed E-state index contributed by atoms with van der Waals surface area (Å²) < 4.78 is 17.8. The van der Waals surface area contributed by atoms with Crippen LogP contribution in [0.1, 0.15) is 30.1 Å². The Balaban J connectivity index is 2.26. The minimum Gasteiger partial charge on any atom is -0.467 e. The smallest absolute Gasteiger partial charge is 0.336 e. The zero-order chi connectivity index (χ0) is 16.8. The summed E-state index contributed by atoms with van der Waals surface area (Å²) in [6.07, 6.45) is -1.39. The summed E-state index contributed by atoms with van der Waals surface area (Å²) in [6.45, 7) is 1.93. The molecule has 0 fully saturated rings. The van der Waals surface area contributed by atoms with Crippen molar-refractivity contribution in [3.8, 4) is 0 Å². The highest BCUT2D eigenvalue weighted by Gasteiger charge is 2.29. The average Bonchev–Trinajstić information content (AvgIpc) is 2.59. The predicted molar refractivity (Wildman–Crippen MR) is 85.2 cm³/mol. The second-order valence-electron chi connectivity index (χ2n) is 5.30. The van der Waals surface area contributed by atoms with Crippen molar-refractivity contribution in [3.05, 3.63) is 71.5 Å². The van der Waals surface area contributed by atoms with E-state index in [0.717, 1.165) is 5.56 Å². The van der Waals surface area contributed by atoms with Gasteiger partial charge in [-0.05, 0) is 30.2 Å². The number of carbonyl (C=O) groups excluding carboxylic acids is 1. The number of hydrogen-bond acceptors (Lipinski definition) is 4. The van der Waals surface area contributed by atoms with Gasteiger partial charge < -0.3 is 15.2 Å². The van der Waals surface area contributed by atoms with Gasteiger partial charge in [0.25, 0.3) is 0 Å². The highest BCUT2D eigenvalue weighted by Crippen LogP contribution is 2.23. The van der Waals surface area contributed by atoms with Crippen LogP contribution in [0.2, 0.25) is 0 Å². The number of rotatable bonds is 6. The summed E-state index contributed by atoms with van der Waals surface area (Å²) in [5.41, 5.74) is 1.61. The molecule has 0 saturated heterocycles. The number of aliphatic hydroxyl groups is 1. The fraction of sp³-hybridized carbons (Fsp3) is 0.278. The molecule has 2 aromatic rings. The second kappa shape index (κ2) is 7.85. The molecule has 0 aliphatic rings. The molecule has 23 heavy (non-hydrogen) atoms. The molecule has 0 aliphatic carbocycles. The number of aliphatic hydroxyl groups excluding tert-OH is 1. The summed E-state index contributed by atoms with van der Waals surface area (Å²) in [6, 6.07) is 14.5. The summed E-state index contributed by atoms with van der Waals surface area (Å²) in [7, 11) is 1.22. The molecule has 0 saturated carbocycles. The first-order valence-corrected chi connectivity index (χ1v) is 7.35. The third kappa shape index (κ3) is 4.37. The number of methoxy groups -OCH3 is 1. The van der Waals surface area contributed by atoms with Crippen LogP contribution in [0.15, 0.2) is 54.6 Å². The zero-order valence-corrected chi connectivity index (χ0v) is 13.1. The van der Waals surface area contributed by atoms with Crippen LogP contribution in [0.3, 0.4) is 0 Å². The van der Waals surface area contributed by atoms with E-state index in [1.165, 1.54) is 31.4 Å². The van der Waals surface area contributed by atoms with E-state index in [1.807, 2.05) is 37.3 Å². The standard InChI is InChI=1S/C18H20FNO3/c1-12(13-6-4-3-5-7-13)20-16(17(21)18(22)23-2)14-8-10-15(19)11-9-14/h3-12,16-17,20-21H,1-2H3. The van der Waals surface area contributed by atoms with Gasteiger partial charge in [0, 0.05) is 6.04 Å². The van der Waals surface area contributed by atoms with Gasteiger partial charge >= 0.3 is 5.97 Å². The number of benzene rings is 2. The number of esters is 1. The lowest BCUT2D eigenvalue weighted by atomic mass is 9.98. The van der Waals surface area contributed by atoms with Crippen LogP contribution in [-0.2, 0) is 9.53 Å². The Morgan fingerprint density at radius 2 is 1.70 bits per heavy atom. The molecule has 3 unspecified atom stereocenters. The van der Waals surface area contributed by atoms with E-state index in [-0.39, 0.29) is 11.9 Å². The van der Waals surface area contributed by atoms with E-state index < -0.39 is 18.1 Å². The quantitative estimate of drug-likeness (QED) is 0.804. The van der Waals surface area contributed by atoms with E-state index in [4.69, 9.17) is 0 Å². The van der Waals surface area contributed by atoms with Crippen LogP contribution in [0.5, 0.6) is 0 Å². The highest BCUT2D eigenvalue weighted by atomic mass is 19.1. The molecule has 122 valence electrons. The number of hydrogen-bond donors (Lipinski definition) is 2. The first-order chi connectivity index (χ1) is 11.0. The molecule has 0 bridgehead atoms. The number of carbonyl (C=O) groups is 1. The van der Waals surface area contributed by atoms with Crippen molar-refractivity contribution < 1.29 is 19.0 Å². The molecule has 3 atom stereocenters. The SMILES string of the molecule is COC(=O)C(O)C(NC(C)c1ccccc1)c1ccc(F)cc1. The molecule has 2 rings (SSSR count). The third-order valence-electron chi connectivity index (χ3n) is 3.72. The molecule has 4 nitrogen and oxygen atoms in total. The summed E-state index contributed by atoms with van der Waals surface area (Å²) in [5, 5.41) is 13.5. The Bertz CT molecular complexity index is 630. The maximum absolute atomic E-state index is 13.1. The monoisotopic (exact) mass is 317 g/mol. The second-order valence-corrected chi connectivity index (χ2v) is 5.30. The molecule has 0 heterocycles. The summed E-state index contributed by atoms with van der Waals surface area (Å²) in [4.78, 5) is 11.7. The minimum atomic E-state index is -1.39. The van der Waals surface area contributed by atoms with Gasteiger partial charge in [-0.2, -0.15) is 0 Å². The average molecular weight is 317 g/mol. The van der Waals surface area contributed by atoms with Crippen LogP contribution in [-0.4, -0.2) is 24.3 Å². The van der Waals surface area contributed by atoms with Crippen molar-refractivity contribution >= 4 is 5.97 Å². The maximum atomic E-state index is 13.1. The first kappa shape index (κ1) is 17.1. The van der Waals surface area contributed by atoms with Crippen LogP contribution < -0.4 is 5.32 Å². The molecular weight excluding hydrogens is 297 g/mol. The summed E-state index contributed by atoms with van der Waals surface area (Å²) >= 11 is 0. The van der Waals surface area contributed by atoms with Crippen molar-refractivity contribution in [1.29, 1.82) is 0 Å². The highest BCUT2D eigenvalue weighted by molar-refractivity contribution is 5.75. The lowest BCUT2D eigenvalue weighted by molar-refractivity contribution is -0.152. The van der Waals surface area contributed by atoms with Crippen molar-refractivity contribution in [2.24, 2.45) is 0 Å². The molecule has 0 spiro atoms. The van der Waals surface area contributed by atoms with Crippen molar-refractivity contribution in [3.63, 3.8) is 0 Å². The molecule has 0 radical (unpaired) electrons. The van der Waals surface area contributed by atoms with E-state index >= 15 is 0 Å². The van der Waals surface area contributed by atoms with Crippen molar-refractivity contribution in [1.82, 2.24) is 5.32 Å². The first-order valence-electron chi connectivity index (χ1n) is 7.35. The third-order valence-corrected chi connectivity index (χ3v) is 3.72. The van der Waals surface area contributed by atoms with Gasteiger partial charge in [-0.3, -0.25) is 0 Å². The Kier molecular flexibility index (Phi) is 5.84. The van der Waals surface area contributed by atoms with E-state index in [2.05, 4.69) is 10.1 Å². The normalized spacial score (nSPS) is 14.8.